The quantitative estimate of drug-likeness (QED) is 0.517. The Morgan fingerprint density at radius 3 is 2.48 bits per heavy atom. The molecule has 4 rings (SSSR count). The van der Waals surface area contributed by atoms with Crippen molar-refractivity contribution in [1.29, 1.82) is 0 Å². The maximum atomic E-state index is 13.4. The molecule has 0 atom stereocenters. The second kappa shape index (κ2) is 7.96. The molecule has 0 spiro atoms. The van der Waals surface area contributed by atoms with E-state index in [2.05, 4.69) is 16.0 Å². The summed E-state index contributed by atoms with van der Waals surface area (Å²) in [6, 6.07) is 5.98. The van der Waals surface area contributed by atoms with E-state index in [-0.39, 0.29) is 23.3 Å². The van der Waals surface area contributed by atoms with Crippen LogP contribution in [0.4, 0.5) is 29.3 Å². The van der Waals surface area contributed by atoms with Crippen LogP contribution in [0.15, 0.2) is 35.2 Å². The summed E-state index contributed by atoms with van der Waals surface area (Å²) in [6.45, 7) is 1.66. The van der Waals surface area contributed by atoms with Crippen LogP contribution in [-0.4, -0.2) is 35.4 Å². The van der Waals surface area contributed by atoms with Gasteiger partial charge in [-0.1, -0.05) is 0 Å². The van der Waals surface area contributed by atoms with Gasteiger partial charge in [-0.3, -0.25) is 9.10 Å². The molecular formula is C19H17F3N4O2S. The molecule has 2 aliphatic rings. The van der Waals surface area contributed by atoms with Gasteiger partial charge in [-0.15, -0.1) is 0 Å². The van der Waals surface area contributed by atoms with E-state index < -0.39 is 23.4 Å². The van der Waals surface area contributed by atoms with Crippen molar-refractivity contribution in [2.45, 2.75) is 23.8 Å². The largest absolute Gasteiger partial charge is 0.332 e. The van der Waals surface area contributed by atoms with E-state index in [1.165, 1.54) is 18.0 Å². The molecule has 1 saturated heterocycles. The number of halogens is 3. The summed E-state index contributed by atoms with van der Waals surface area (Å²) in [6.07, 6.45) is 1.66. The van der Waals surface area contributed by atoms with Crippen molar-refractivity contribution in [3.05, 3.63) is 53.3 Å². The van der Waals surface area contributed by atoms with Crippen LogP contribution in [0.3, 0.4) is 0 Å². The molecule has 0 unspecified atom stereocenters. The van der Waals surface area contributed by atoms with Crippen LogP contribution in [0, 0.1) is 17.5 Å². The zero-order valence-corrected chi connectivity index (χ0v) is 15.9. The van der Waals surface area contributed by atoms with Crippen molar-refractivity contribution in [2.75, 3.05) is 23.7 Å². The standard InChI is InChI=1S/C19H17F3N4O2S/c20-13-8-11(9-14(21)17(13)22)24-18(27)10-1-2-15-16(7-10)29-26(19(28)25-15)12-3-5-23-6-4-12/h1-2,7-9,12,23H,3-6H2,(H,24,27)(H,25,28). The summed E-state index contributed by atoms with van der Waals surface area (Å²) in [5.74, 6) is -4.98. The monoisotopic (exact) mass is 422 g/mol. The van der Waals surface area contributed by atoms with Crippen molar-refractivity contribution in [3.63, 3.8) is 0 Å². The van der Waals surface area contributed by atoms with E-state index in [1.807, 2.05) is 0 Å². The Morgan fingerprint density at radius 1 is 1.10 bits per heavy atom. The Hall–Kier alpha value is -2.72. The number of nitrogens with zero attached hydrogens (tertiary/aromatic N) is 1. The molecule has 10 heteroatoms. The summed E-state index contributed by atoms with van der Waals surface area (Å²) in [4.78, 5) is 25.6. The Balaban J connectivity index is 1.53. The molecule has 3 N–H and O–H groups in total. The van der Waals surface area contributed by atoms with E-state index >= 15 is 0 Å². The minimum atomic E-state index is -1.60. The second-order valence-corrected chi connectivity index (χ2v) is 7.76. The van der Waals surface area contributed by atoms with Gasteiger partial charge in [0.05, 0.1) is 10.6 Å². The summed E-state index contributed by atoms with van der Waals surface area (Å²) in [5, 5.41) is 8.42. The lowest BCUT2D eigenvalue weighted by atomic mass is 10.1. The topological polar surface area (TPSA) is 73.5 Å². The Bertz CT molecular complexity index is 959. The molecule has 6 nitrogen and oxygen atoms in total. The maximum absolute atomic E-state index is 13.4. The second-order valence-electron chi connectivity index (χ2n) is 6.75. The lowest BCUT2D eigenvalue weighted by Crippen LogP contribution is -2.45. The van der Waals surface area contributed by atoms with Crippen molar-refractivity contribution in [1.82, 2.24) is 9.62 Å². The number of fused-ring (bicyclic) bond motifs is 1. The first-order valence-corrected chi connectivity index (χ1v) is 9.78. The minimum Gasteiger partial charge on any atom is -0.322 e. The fraction of sp³-hybridized carbons (Fsp3) is 0.263. The van der Waals surface area contributed by atoms with Crippen LogP contribution in [-0.2, 0) is 0 Å². The highest BCUT2D eigenvalue weighted by Crippen LogP contribution is 2.38. The zero-order valence-electron chi connectivity index (χ0n) is 15.1. The fourth-order valence-electron chi connectivity index (χ4n) is 3.27. The van der Waals surface area contributed by atoms with Gasteiger partial charge in [-0.2, -0.15) is 0 Å². The average Bonchev–Trinajstić information content (AvgIpc) is 2.71. The van der Waals surface area contributed by atoms with Gasteiger partial charge in [0, 0.05) is 29.4 Å². The normalized spacial score (nSPS) is 16.9. The number of urea groups is 1. The molecule has 1 fully saturated rings. The van der Waals surface area contributed by atoms with Crippen LogP contribution in [0.25, 0.3) is 0 Å². The number of rotatable bonds is 3. The molecular weight excluding hydrogens is 405 g/mol. The first kappa shape index (κ1) is 19.6. The van der Waals surface area contributed by atoms with Crippen LogP contribution in [0.2, 0.25) is 0 Å². The first-order valence-electron chi connectivity index (χ1n) is 9.01. The van der Waals surface area contributed by atoms with Crippen molar-refractivity contribution in [2.24, 2.45) is 0 Å². The van der Waals surface area contributed by atoms with E-state index in [9.17, 15) is 22.8 Å². The van der Waals surface area contributed by atoms with Crippen LogP contribution in [0.5, 0.6) is 0 Å². The molecule has 29 heavy (non-hydrogen) atoms. The number of piperidine rings is 1. The Labute approximate surface area is 169 Å². The highest BCUT2D eigenvalue weighted by atomic mass is 32.2. The smallest absolute Gasteiger partial charge is 0.322 e. The zero-order chi connectivity index (χ0) is 20.5. The maximum Gasteiger partial charge on any atom is 0.332 e. The average molecular weight is 422 g/mol. The third-order valence-electron chi connectivity index (χ3n) is 4.76. The van der Waals surface area contributed by atoms with E-state index in [1.54, 1.807) is 16.4 Å². The number of hydrogen-bond acceptors (Lipinski definition) is 4. The highest BCUT2D eigenvalue weighted by Gasteiger charge is 2.31. The van der Waals surface area contributed by atoms with Gasteiger partial charge in [0.25, 0.3) is 5.91 Å². The third-order valence-corrected chi connectivity index (χ3v) is 5.96. The lowest BCUT2D eigenvalue weighted by Gasteiger charge is -2.36. The molecule has 0 aliphatic carbocycles. The number of amides is 3. The summed E-state index contributed by atoms with van der Waals surface area (Å²) in [7, 11) is 0. The number of benzene rings is 2. The first-order chi connectivity index (χ1) is 13.9. The number of carbonyl (C=O) groups excluding carboxylic acids is 2. The third kappa shape index (κ3) is 4.03. The van der Waals surface area contributed by atoms with Crippen molar-refractivity contribution < 1.29 is 22.8 Å². The Kier molecular flexibility index (Phi) is 5.37. The molecule has 0 saturated carbocycles. The van der Waals surface area contributed by atoms with Gasteiger partial charge in [0.2, 0.25) is 0 Å². The number of nitrogens with one attached hydrogen (secondary N) is 3. The Morgan fingerprint density at radius 2 is 1.79 bits per heavy atom. The van der Waals surface area contributed by atoms with Crippen molar-refractivity contribution >= 4 is 35.3 Å². The summed E-state index contributed by atoms with van der Waals surface area (Å²) >= 11 is 1.26. The molecule has 0 aromatic heterocycles. The van der Waals surface area contributed by atoms with Gasteiger partial charge in [-0.25, -0.2) is 18.0 Å². The highest BCUT2D eigenvalue weighted by molar-refractivity contribution is 7.97. The van der Waals surface area contributed by atoms with E-state index in [0.717, 1.165) is 25.9 Å². The number of hydrogen-bond donors (Lipinski definition) is 3. The predicted molar refractivity (Wildman–Crippen MR) is 103 cm³/mol. The van der Waals surface area contributed by atoms with Gasteiger partial charge in [0.15, 0.2) is 17.5 Å². The molecule has 3 amide bonds. The van der Waals surface area contributed by atoms with E-state index in [4.69, 9.17) is 0 Å². The molecule has 2 aliphatic heterocycles. The summed E-state index contributed by atoms with van der Waals surface area (Å²) in [5.41, 5.74) is 0.629. The molecule has 0 radical (unpaired) electrons. The fourth-order valence-corrected chi connectivity index (χ4v) is 4.37. The van der Waals surface area contributed by atoms with Crippen LogP contribution >= 0.6 is 11.9 Å². The van der Waals surface area contributed by atoms with Gasteiger partial charge >= 0.3 is 6.03 Å². The SMILES string of the molecule is O=C(Nc1cc(F)c(F)c(F)c1)c1ccc2c(c1)SN(C1CCNCC1)C(=O)N2. The molecule has 2 aromatic rings. The predicted octanol–water partition coefficient (Wildman–Crippen LogP) is 3.96. The summed E-state index contributed by atoms with van der Waals surface area (Å²) < 4.78 is 41.5. The van der Waals surface area contributed by atoms with Gasteiger partial charge < -0.3 is 16.0 Å². The molecule has 0 bridgehead atoms. The molecule has 152 valence electrons. The van der Waals surface area contributed by atoms with Gasteiger partial charge in [-0.05, 0) is 56.1 Å². The molecule has 2 aromatic carbocycles. The lowest BCUT2D eigenvalue weighted by molar-refractivity contribution is 0.102. The number of carbonyl (C=O) groups is 2. The minimum absolute atomic E-state index is 0.0806. The van der Waals surface area contributed by atoms with Crippen LogP contribution < -0.4 is 16.0 Å². The van der Waals surface area contributed by atoms with Crippen molar-refractivity contribution in [3.8, 4) is 0 Å². The van der Waals surface area contributed by atoms with Crippen LogP contribution in [0.1, 0.15) is 23.2 Å². The number of anilines is 2. The molecule has 2 heterocycles. The van der Waals surface area contributed by atoms with Gasteiger partial charge in [0.1, 0.15) is 0 Å². The van der Waals surface area contributed by atoms with E-state index in [0.29, 0.717) is 22.7 Å².